The first-order valence-electron chi connectivity index (χ1n) is 12.1. The summed E-state index contributed by atoms with van der Waals surface area (Å²) in [5.74, 6) is -1.77. The highest BCUT2D eigenvalue weighted by molar-refractivity contribution is 5.69. The molecule has 0 aromatic heterocycles. The third kappa shape index (κ3) is 12.9. The van der Waals surface area contributed by atoms with Gasteiger partial charge in [-0.25, -0.2) is 0 Å². The predicted octanol–water partition coefficient (Wildman–Crippen LogP) is 0.267. The number of benzene rings is 1. The second-order valence-electron chi connectivity index (χ2n) is 8.49. The van der Waals surface area contributed by atoms with Gasteiger partial charge in [0.05, 0.1) is 19.7 Å². The average Bonchev–Trinajstić information content (AvgIpc) is 2.79. The van der Waals surface area contributed by atoms with E-state index in [1.165, 1.54) is 0 Å². The number of carboxylic acids is 2. The van der Waals surface area contributed by atoms with Crippen molar-refractivity contribution >= 4 is 17.6 Å². The first-order valence-corrected chi connectivity index (χ1v) is 12.1. The summed E-state index contributed by atoms with van der Waals surface area (Å²) < 4.78 is 0. The standard InChI is InChI=1S/C24H43N5O5/c1-3-10-28(11-9-26-17-23(31)32)18-22(16-20-5-7-21(25)8-6-20)29(19-24(33)34)13-12-27(4-2)14-15-30/h5-8,22,26,30H,3-4,9-19,25H2,1-2H3,(H,31,32)(H,33,34). The maximum atomic E-state index is 11.7. The molecule has 1 atom stereocenters. The zero-order chi connectivity index (χ0) is 25.3. The topological polar surface area (TPSA) is 143 Å². The number of hydrogen-bond acceptors (Lipinski definition) is 8. The van der Waals surface area contributed by atoms with Gasteiger partial charge < -0.3 is 36.2 Å². The van der Waals surface area contributed by atoms with E-state index >= 15 is 0 Å². The van der Waals surface area contributed by atoms with Crippen LogP contribution in [-0.2, 0) is 16.0 Å². The van der Waals surface area contributed by atoms with E-state index in [-0.39, 0.29) is 25.7 Å². The fourth-order valence-electron chi connectivity index (χ4n) is 3.98. The smallest absolute Gasteiger partial charge is 0.317 e. The number of nitrogens with one attached hydrogen (secondary N) is 1. The molecule has 0 amide bonds. The van der Waals surface area contributed by atoms with Crippen LogP contribution in [0.5, 0.6) is 0 Å². The minimum absolute atomic E-state index is 0.0569. The molecule has 10 heteroatoms. The molecule has 1 aromatic rings. The molecule has 0 aliphatic rings. The van der Waals surface area contributed by atoms with Crippen LogP contribution in [0.15, 0.2) is 24.3 Å². The molecule has 0 aliphatic carbocycles. The van der Waals surface area contributed by atoms with Crippen molar-refractivity contribution in [3.05, 3.63) is 29.8 Å². The van der Waals surface area contributed by atoms with Crippen molar-refractivity contribution in [3.8, 4) is 0 Å². The van der Waals surface area contributed by atoms with Crippen LogP contribution in [0.4, 0.5) is 5.69 Å². The monoisotopic (exact) mass is 481 g/mol. The van der Waals surface area contributed by atoms with E-state index in [4.69, 9.17) is 10.8 Å². The fraction of sp³-hybridized carbons (Fsp3) is 0.667. The van der Waals surface area contributed by atoms with Gasteiger partial charge in [-0.1, -0.05) is 26.0 Å². The quantitative estimate of drug-likeness (QED) is 0.130. The summed E-state index contributed by atoms with van der Waals surface area (Å²) in [7, 11) is 0. The lowest BCUT2D eigenvalue weighted by Gasteiger charge is -2.36. The van der Waals surface area contributed by atoms with Crippen LogP contribution in [0.3, 0.4) is 0 Å². The van der Waals surface area contributed by atoms with Crippen LogP contribution >= 0.6 is 0 Å². The van der Waals surface area contributed by atoms with Crippen molar-refractivity contribution in [2.45, 2.75) is 32.7 Å². The highest BCUT2D eigenvalue weighted by atomic mass is 16.4. The highest BCUT2D eigenvalue weighted by Gasteiger charge is 2.24. The number of nitrogens with zero attached hydrogens (tertiary/aromatic N) is 3. The van der Waals surface area contributed by atoms with Crippen molar-refractivity contribution in [2.24, 2.45) is 0 Å². The molecule has 0 fully saturated rings. The van der Waals surface area contributed by atoms with E-state index in [2.05, 4.69) is 22.0 Å². The van der Waals surface area contributed by atoms with E-state index in [0.717, 1.165) is 25.1 Å². The lowest BCUT2D eigenvalue weighted by molar-refractivity contribution is -0.139. The summed E-state index contributed by atoms with van der Waals surface area (Å²) >= 11 is 0. The van der Waals surface area contributed by atoms with Crippen molar-refractivity contribution in [2.75, 3.05) is 77.8 Å². The van der Waals surface area contributed by atoms with Crippen LogP contribution in [0.2, 0.25) is 0 Å². The molecule has 0 saturated carbocycles. The van der Waals surface area contributed by atoms with E-state index in [1.807, 2.05) is 36.1 Å². The van der Waals surface area contributed by atoms with Crippen molar-refractivity contribution in [3.63, 3.8) is 0 Å². The number of aliphatic hydroxyl groups excluding tert-OH is 1. The van der Waals surface area contributed by atoms with Gasteiger partial charge in [0.15, 0.2) is 0 Å². The van der Waals surface area contributed by atoms with Crippen molar-refractivity contribution in [1.82, 2.24) is 20.0 Å². The Hall–Kier alpha value is -2.24. The molecule has 6 N–H and O–H groups in total. The van der Waals surface area contributed by atoms with Gasteiger partial charge >= 0.3 is 11.9 Å². The van der Waals surface area contributed by atoms with E-state index < -0.39 is 11.9 Å². The van der Waals surface area contributed by atoms with Gasteiger partial charge in [-0.05, 0) is 43.6 Å². The van der Waals surface area contributed by atoms with Crippen molar-refractivity contribution in [1.29, 1.82) is 0 Å². The van der Waals surface area contributed by atoms with E-state index in [9.17, 15) is 19.8 Å². The Balaban J connectivity index is 3.04. The molecular weight excluding hydrogens is 438 g/mol. The molecule has 1 unspecified atom stereocenters. The average molecular weight is 482 g/mol. The Labute approximate surface area is 203 Å². The minimum Gasteiger partial charge on any atom is -0.480 e. The first kappa shape index (κ1) is 29.8. The zero-order valence-electron chi connectivity index (χ0n) is 20.7. The van der Waals surface area contributed by atoms with Crippen LogP contribution in [0, 0.1) is 0 Å². The van der Waals surface area contributed by atoms with Gasteiger partial charge in [0, 0.05) is 51.0 Å². The number of nitrogens with two attached hydrogens (primary N) is 1. The SMILES string of the molecule is CCCN(CCNCC(=O)O)CC(Cc1ccc(N)cc1)N(CCN(CC)CCO)CC(=O)O. The van der Waals surface area contributed by atoms with Crippen LogP contribution in [-0.4, -0.2) is 120 Å². The molecule has 10 nitrogen and oxygen atoms in total. The largest absolute Gasteiger partial charge is 0.480 e. The number of carboxylic acid groups (broad SMARTS) is 2. The third-order valence-electron chi connectivity index (χ3n) is 5.76. The second kappa shape index (κ2) is 17.2. The van der Waals surface area contributed by atoms with Gasteiger partial charge in [-0.3, -0.25) is 14.5 Å². The normalized spacial score (nSPS) is 12.5. The number of anilines is 1. The molecule has 1 rings (SSSR count). The predicted molar refractivity (Wildman–Crippen MR) is 134 cm³/mol. The van der Waals surface area contributed by atoms with Gasteiger partial charge in [0.25, 0.3) is 0 Å². The second-order valence-corrected chi connectivity index (χ2v) is 8.49. The fourth-order valence-corrected chi connectivity index (χ4v) is 3.98. The van der Waals surface area contributed by atoms with E-state index in [1.54, 1.807) is 0 Å². The van der Waals surface area contributed by atoms with Crippen LogP contribution in [0.25, 0.3) is 0 Å². The first-order chi connectivity index (χ1) is 16.3. The molecule has 0 spiro atoms. The summed E-state index contributed by atoms with van der Waals surface area (Å²) in [6.07, 6.45) is 1.61. The van der Waals surface area contributed by atoms with Gasteiger partial charge in [-0.2, -0.15) is 0 Å². The summed E-state index contributed by atoms with van der Waals surface area (Å²) in [6, 6.07) is 7.61. The van der Waals surface area contributed by atoms with Gasteiger partial charge in [0.2, 0.25) is 0 Å². The number of rotatable bonds is 20. The molecular formula is C24H43N5O5. The van der Waals surface area contributed by atoms with E-state index in [0.29, 0.717) is 51.4 Å². The maximum absolute atomic E-state index is 11.7. The third-order valence-corrected chi connectivity index (χ3v) is 5.76. The Morgan fingerprint density at radius 2 is 1.68 bits per heavy atom. The molecule has 1 aromatic carbocycles. The summed E-state index contributed by atoms with van der Waals surface area (Å²) in [6.45, 7) is 9.29. The summed E-state index contributed by atoms with van der Waals surface area (Å²) in [5.41, 5.74) is 7.61. The molecule has 0 radical (unpaired) electrons. The molecule has 0 heterocycles. The Morgan fingerprint density at radius 3 is 2.24 bits per heavy atom. The summed E-state index contributed by atoms with van der Waals surface area (Å²) in [5, 5.41) is 30.7. The number of likely N-dealkylation sites (N-methyl/N-ethyl adjacent to an activating group) is 1. The Kier molecular flexibility index (Phi) is 15.1. The highest BCUT2D eigenvalue weighted by Crippen LogP contribution is 2.14. The van der Waals surface area contributed by atoms with Crippen LogP contribution < -0.4 is 11.1 Å². The van der Waals surface area contributed by atoms with Crippen molar-refractivity contribution < 1.29 is 24.9 Å². The molecule has 34 heavy (non-hydrogen) atoms. The Bertz CT molecular complexity index is 703. The molecule has 194 valence electrons. The van der Waals surface area contributed by atoms with Gasteiger partial charge in [-0.15, -0.1) is 0 Å². The minimum atomic E-state index is -0.890. The number of aliphatic hydroxyl groups is 1. The van der Waals surface area contributed by atoms with Gasteiger partial charge in [0.1, 0.15) is 0 Å². The lowest BCUT2D eigenvalue weighted by atomic mass is 10.0. The Morgan fingerprint density at radius 1 is 0.971 bits per heavy atom. The molecule has 0 bridgehead atoms. The number of aliphatic carboxylic acids is 2. The lowest BCUT2D eigenvalue weighted by Crippen LogP contribution is -2.51. The molecule has 0 aliphatic heterocycles. The zero-order valence-corrected chi connectivity index (χ0v) is 20.7. The molecule has 0 saturated heterocycles. The number of hydrogen-bond donors (Lipinski definition) is 5. The number of nitrogen functional groups attached to an aromatic ring is 1. The maximum Gasteiger partial charge on any atom is 0.317 e. The van der Waals surface area contributed by atoms with Crippen LogP contribution in [0.1, 0.15) is 25.8 Å². The summed E-state index contributed by atoms with van der Waals surface area (Å²) in [4.78, 5) is 28.9. The number of carbonyl (C=O) groups is 2.